The Bertz CT molecular complexity index is 1890. The van der Waals surface area contributed by atoms with Crippen molar-refractivity contribution in [3.8, 4) is 0 Å². The van der Waals surface area contributed by atoms with Gasteiger partial charge in [0.15, 0.2) is 12.0 Å². The first-order valence-electron chi connectivity index (χ1n) is 23.0. The maximum Gasteiger partial charge on any atom is 0.328 e. The van der Waals surface area contributed by atoms with Gasteiger partial charge in [-0.15, -0.1) is 0 Å². The predicted molar refractivity (Wildman–Crippen MR) is 242 cm³/mol. The van der Waals surface area contributed by atoms with Crippen LogP contribution in [0.15, 0.2) is 4.99 Å². The topological polar surface area (TPSA) is 442 Å². The zero-order valence-corrected chi connectivity index (χ0v) is 38.7. The summed E-state index contributed by atoms with van der Waals surface area (Å²) in [5.41, 5.74) is 16.4. The molecule has 3 aliphatic rings. The molecule has 3 saturated heterocycles. The Labute approximate surface area is 397 Å². The standard InChI is InChI=1S/C41H68N14O14/c1-22(56)33(40(68)69)53-39(67)28-12-7-17-55(28)30(58)20-48-35(63)24(10-5-15-46-41(43)44)51-38(66)27-11-6-16-54(27)31(59)21-49-36(64)26(18-32(60)61)52-37(65)25(8-2-3-13-42)50-29(57)19-47-34(62)23-9-4-14-45-23/h22-28,33,45,56H,2-21,42H2,1H3,(H,47,62)(H,48,63)(H,49,64)(H,50,57)(H,51,66)(H,52,65)(H,53,67)(H,60,61)(H,68,69)(H4,43,44,46)/t22-,23+,24+,25+,26+,27+,28+,33+/m1/s1. The third-order valence-electron chi connectivity index (χ3n) is 11.6. The molecule has 3 heterocycles. The number of aliphatic hydroxyl groups is 1. The summed E-state index contributed by atoms with van der Waals surface area (Å²) in [6, 6.07) is -8.51. The minimum absolute atomic E-state index is 0.0348. The number of aliphatic carboxylic acids is 2. The summed E-state index contributed by atoms with van der Waals surface area (Å²) >= 11 is 0. The van der Waals surface area contributed by atoms with Crippen molar-refractivity contribution in [2.45, 2.75) is 132 Å². The van der Waals surface area contributed by atoms with Crippen LogP contribution in [0.25, 0.3) is 0 Å². The lowest BCUT2D eigenvalue weighted by molar-refractivity contribution is -0.146. The molecule has 69 heavy (non-hydrogen) atoms. The van der Waals surface area contributed by atoms with Crippen LogP contribution < -0.4 is 59.7 Å². The van der Waals surface area contributed by atoms with E-state index in [0.29, 0.717) is 38.6 Å². The number of aliphatic imine (C=N–C) groups is 1. The van der Waals surface area contributed by atoms with Crippen molar-refractivity contribution >= 4 is 71.1 Å². The van der Waals surface area contributed by atoms with Crippen molar-refractivity contribution in [3.05, 3.63) is 0 Å². The maximum absolute atomic E-state index is 13.7. The Morgan fingerprint density at radius 1 is 0.667 bits per heavy atom. The molecule has 8 atom stereocenters. The number of carboxylic acid groups (broad SMARTS) is 2. The number of nitrogens with one attached hydrogen (secondary N) is 8. The third kappa shape index (κ3) is 18.7. The zero-order chi connectivity index (χ0) is 51.2. The molecule has 386 valence electrons. The molecular formula is C41H68N14O14. The number of guanidine groups is 1. The molecule has 9 amide bonds. The number of carbonyl (C=O) groups is 11. The molecule has 0 aromatic heterocycles. The van der Waals surface area contributed by atoms with Crippen molar-refractivity contribution in [1.82, 2.24) is 52.3 Å². The molecule has 0 saturated carbocycles. The van der Waals surface area contributed by atoms with E-state index < -0.39 is 134 Å². The van der Waals surface area contributed by atoms with Crippen LogP contribution in [0.1, 0.15) is 84.0 Å². The lowest BCUT2D eigenvalue weighted by Gasteiger charge is -2.28. The largest absolute Gasteiger partial charge is 0.481 e. The molecule has 0 unspecified atom stereocenters. The van der Waals surface area contributed by atoms with Gasteiger partial charge in [-0.3, -0.25) is 52.9 Å². The second-order valence-electron chi connectivity index (χ2n) is 16.9. The molecule has 3 fully saturated rings. The summed E-state index contributed by atoms with van der Waals surface area (Å²) in [6.07, 6.45) is 1.21. The van der Waals surface area contributed by atoms with Crippen molar-refractivity contribution in [3.63, 3.8) is 0 Å². The Morgan fingerprint density at radius 2 is 1.23 bits per heavy atom. The first-order chi connectivity index (χ1) is 32.7. The van der Waals surface area contributed by atoms with Crippen LogP contribution in [0.4, 0.5) is 0 Å². The van der Waals surface area contributed by atoms with Gasteiger partial charge in [0, 0.05) is 19.6 Å². The summed E-state index contributed by atoms with van der Waals surface area (Å²) in [4.78, 5) is 148. The predicted octanol–water partition coefficient (Wildman–Crippen LogP) is -6.87. The lowest BCUT2D eigenvalue weighted by atomic mass is 10.1. The minimum Gasteiger partial charge on any atom is -0.481 e. The third-order valence-corrected chi connectivity index (χ3v) is 11.6. The van der Waals surface area contributed by atoms with Gasteiger partial charge in [-0.2, -0.15) is 0 Å². The second-order valence-corrected chi connectivity index (χ2v) is 16.9. The normalized spacial score (nSPS) is 19.7. The number of amides is 9. The minimum atomic E-state index is -1.71. The maximum atomic E-state index is 13.7. The average molecular weight is 981 g/mol. The van der Waals surface area contributed by atoms with E-state index in [2.05, 4.69) is 47.5 Å². The fraction of sp³-hybridized carbons (Fsp3) is 0.707. The van der Waals surface area contributed by atoms with Crippen LogP contribution in [-0.4, -0.2) is 197 Å². The molecule has 28 nitrogen and oxygen atoms in total. The van der Waals surface area contributed by atoms with Gasteiger partial charge >= 0.3 is 11.9 Å². The second kappa shape index (κ2) is 28.6. The SMILES string of the molecule is C[C@@H](O)[C@H](NC(=O)[C@@H]1CCCN1C(=O)CNC(=O)[C@H](CCCN=C(N)N)NC(=O)[C@@H]1CCCN1C(=O)CNC(=O)[C@H](CC(=O)O)NC(=O)[C@H](CCCCN)NC(=O)CNC(=O)[C@@H]1CCCN1)C(=O)O. The van der Waals surface area contributed by atoms with Crippen LogP contribution in [0.3, 0.4) is 0 Å². The summed E-state index contributed by atoms with van der Waals surface area (Å²) in [5.74, 6) is -10.0. The van der Waals surface area contributed by atoms with E-state index in [9.17, 15) is 68.1 Å². The quantitative estimate of drug-likeness (QED) is 0.0197. The number of hydrogen-bond acceptors (Lipinski definition) is 15. The number of carbonyl (C=O) groups excluding carboxylic acids is 9. The number of likely N-dealkylation sites (tertiary alicyclic amines) is 2. The van der Waals surface area contributed by atoms with Crippen molar-refractivity contribution in [2.75, 3.05) is 52.4 Å². The number of carboxylic acids is 2. The summed E-state index contributed by atoms with van der Waals surface area (Å²) in [6.45, 7) is 0.587. The summed E-state index contributed by atoms with van der Waals surface area (Å²) in [7, 11) is 0. The van der Waals surface area contributed by atoms with E-state index in [0.717, 1.165) is 11.3 Å². The van der Waals surface area contributed by atoms with Gasteiger partial charge < -0.3 is 84.9 Å². The van der Waals surface area contributed by atoms with Crippen molar-refractivity contribution < 1.29 is 68.1 Å². The average Bonchev–Trinajstić information content (AvgIpc) is 4.12. The van der Waals surface area contributed by atoms with Gasteiger partial charge in [-0.1, -0.05) is 0 Å². The fourth-order valence-corrected chi connectivity index (χ4v) is 7.99. The fourth-order valence-electron chi connectivity index (χ4n) is 7.99. The molecule has 3 rings (SSSR count). The molecular weight excluding hydrogens is 913 g/mol. The number of unbranched alkanes of at least 4 members (excludes halogenated alkanes) is 1. The van der Waals surface area contributed by atoms with Gasteiger partial charge in [-0.25, -0.2) is 4.79 Å². The van der Waals surface area contributed by atoms with Crippen molar-refractivity contribution in [2.24, 2.45) is 22.2 Å². The van der Waals surface area contributed by atoms with E-state index in [4.69, 9.17) is 17.2 Å². The van der Waals surface area contributed by atoms with E-state index >= 15 is 0 Å². The molecule has 0 bridgehead atoms. The highest BCUT2D eigenvalue weighted by Crippen LogP contribution is 2.20. The van der Waals surface area contributed by atoms with E-state index in [1.165, 1.54) is 11.8 Å². The molecule has 0 aliphatic carbocycles. The van der Waals surface area contributed by atoms with E-state index in [1.54, 1.807) is 0 Å². The van der Waals surface area contributed by atoms with Gasteiger partial charge in [0.25, 0.3) is 0 Å². The van der Waals surface area contributed by atoms with Crippen molar-refractivity contribution in [1.29, 1.82) is 0 Å². The van der Waals surface area contributed by atoms with Gasteiger partial charge in [0.1, 0.15) is 30.2 Å². The molecule has 17 N–H and O–H groups in total. The van der Waals surface area contributed by atoms with Gasteiger partial charge in [0.2, 0.25) is 53.2 Å². The number of nitrogens with two attached hydrogens (primary N) is 3. The highest BCUT2D eigenvalue weighted by molar-refractivity contribution is 5.98. The first kappa shape index (κ1) is 56.6. The highest BCUT2D eigenvalue weighted by Gasteiger charge is 2.39. The van der Waals surface area contributed by atoms with E-state index in [-0.39, 0.29) is 70.1 Å². The Balaban J connectivity index is 1.63. The molecule has 0 spiro atoms. The number of hydrogen-bond donors (Lipinski definition) is 14. The lowest BCUT2D eigenvalue weighted by Crippen LogP contribution is -2.57. The zero-order valence-electron chi connectivity index (χ0n) is 38.7. The van der Waals surface area contributed by atoms with E-state index in [1.807, 2.05) is 0 Å². The monoisotopic (exact) mass is 981 g/mol. The molecule has 0 aromatic rings. The highest BCUT2D eigenvalue weighted by atomic mass is 16.4. The van der Waals surface area contributed by atoms with Crippen LogP contribution >= 0.6 is 0 Å². The van der Waals surface area contributed by atoms with Crippen LogP contribution in [0.2, 0.25) is 0 Å². The first-order valence-corrected chi connectivity index (χ1v) is 23.0. The van der Waals surface area contributed by atoms with Crippen LogP contribution in [0.5, 0.6) is 0 Å². The Kier molecular flexibility index (Phi) is 23.5. The molecule has 0 aromatic carbocycles. The molecule has 28 heteroatoms. The Morgan fingerprint density at radius 3 is 1.75 bits per heavy atom. The molecule has 3 aliphatic heterocycles. The van der Waals surface area contributed by atoms with Gasteiger partial charge in [-0.05, 0) is 90.6 Å². The summed E-state index contributed by atoms with van der Waals surface area (Å²) < 4.78 is 0. The Hall–Kier alpha value is -6.68. The number of nitrogens with zero attached hydrogens (tertiary/aromatic N) is 3. The smallest absolute Gasteiger partial charge is 0.328 e. The van der Waals surface area contributed by atoms with Gasteiger partial charge in [0.05, 0.1) is 38.2 Å². The van der Waals surface area contributed by atoms with Crippen LogP contribution in [0, 0.1) is 0 Å². The number of rotatable bonds is 28. The van der Waals surface area contributed by atoms with Crippen LogP contribution in [-0.2, 0) is 52.7 Å². The summed E-state index contributed by atoms with van der Waals surface area (Å²) in [5, 5.41) is 48.6. The number of aliphatic hydroxyl groups excluding tert-OH is 1. The molecule has 0 radical (unpaired) electrons.